The first-order valence-corrected chi connectivity index (χ1v) is 38.0. The second-order valence-electron chi connectivity index (χ2n) is 22.2. The number of carbonyl (C=O) groups is 1. The Balaban J connectivity index is -0.0000000132. The smallest absolute Gasteiger partial charge is 0.325 e. The van der Waals surface area contributed by atoms with E-state index in [0.717, 1.165) is 22.3 Å². The number of alkyl halides is 1. The van der Waals surface area contributed by atoms with Gasteiger partial charge in [0.15, 0.2) is 0 Å². The number of aliphatic hydroxyl groups is 1. The van der Waals surface area contributed by atoms with Crippen LogP contribution in [0.5, 0.6) is 23.0 Å². The molecule has 1 atom stereocenters. The van der Waals surface area contributed by atoms with E-state index in [1.54, 1.807) is 18.2 Å². The number of esters is 1. The van der Waals surface area contributed by atoms with Gasteiger partial charge in [-0.25, -0.2) is 0 Å². The zero-order valence-corrected chi connectivity index (χ0v) is 72.9. The molecule has 0 amide bonds. The molecule has 0 aliphatic rings. The number of hydrogen-bond acceptors (Lipinski definition) is 8. The molecule has 9 heteroatoms. The van der Waals surface area contributed by atoms with E-state index in [-0.39, 0.29) is 140 Å². The van der Waals surface area contributed by atoms with Crippen molar-refractivity contribution in [2.75, 3.05) is 13.7 Å². The average molecular weight is 1940 g/mol. The summed E-state index contributed by atoms with van der Waals surface area (Å²) in [7, 11) is 1.24. The number of aliphatic hydroxyl groups excluding tert-OH is 1. The Morgan fingerprint density at radius 1 is 0.273 bits per heavy atom. The Morgan fingerprint density at radius 3 is 0.647 bits per heavy atom. The fourth-order valence-electron chi connectivity index (χ4n) is 8.74. The van der Waals surface area contributed by atoms with Crippen LogP contribution in [0, 0.1) is 524 Å². The van der Waals surface area contributed by atoms with Crippen molar-refractivity contribution in [2.45, 2.75) is 16.5 Å². The minimum absolute atomic E-state index is 0. The number of aromatic hydroxyl groups is 2. The van der Waals surface area contributed by atoms with Gasteiger partial charge in [0.05, 0.1) is 19.3 Å². The van der Waals surface area contributed by atoms with E-state index >= 15 is 0 Å². The summed E-state index contributed by atoms with van der Waals surface area (Å²) in [5, 5.41) is 34.7. The second-order valence-corrected chi connectivity index (χ2v) is 22.8. The lowest BCUT2D eigenvalue weighted by atomic mass is 9.76. The molecule has 0 saturated heterocycles. The minimum Gasteiger partial charge on any atom is -0.508 e. The van der Waals surface area contributed by atoms with Crippen LogP contribution in [0.15, 0.2) is 158 Å². The van der Waals surface area contributed by atoms with Crippen LogP contribution in [-0.4, -0.2) is 41.0 Å². The van der Waals surface area contributed by atoms with Gasteiger partial charge in [0.2, 0.25) is 0 Å². The predicted molar refractivity (Wildman–Crippen MR) is 725 cm³/mol. The molecule has 0 heterocycles. The van der Waals surface area contributed by atoms with E-state index in [4.69, 9.17) is 64.4 Å². The minimum atomic E-state index is -1.25. The summed E-state index contributed by atoms with van der Waals surface area (Å²) in [6.07, 6.45) is 34.5. The van der Waals surface area contributed by atoms with Crippen molar-refractivity contribution in [2.24, 2.45) is 0 Å². The summed E-state index contributed by atoms with van der Waals surface area (Å²) >= 11 is 7.30. The zero-order chi connectivity index (χ0) is 99.8. The van der Waals surface area contributed by atoms with Gasteiger partial charge in [-0.1, -0.05) is 121 Å². The molecule has 0 saturated carbocycles. The third-order valence-electron chi connectivity index (χ3n) is 13.7. The molecule has 788 valence electrons. The average Bonchev–Trinajstić information content (AvgIpc) is 0.742. The van der Waals surface area contributed by atoms with E-state index in [1.165, 1.54) is 25.3 Å². The van der Waals surface area contributed by atoms with Crippen molar-refractivity contribution in [1.82, 2.24) is 5.32 Å². The highest BCUT2D eigenvalue weighted by molar-refractivity contribution is 6.28. The van der Waals surface area contributed by atoms with E-state index in [0.29, 0.717) is 16.9 Å². The zero-order valence-electron chi connectivity index (χ0n) is 72.1. The molecule has 6 aromatic rings. The molecule has 0 spiro atoms. The number of nitrogens with one attached hydrogen (secondary N) is 1. The van der Waals surface area contributed by atoms with Crippen LogP contribution < -0.4 is 14.8 Å². The molecule has 6 aromatic carbocycles. The number of phenolic OH excluding ortho intramolecular Hbond substituents is 2. The Bertz CT molecular complexity index is 8630. The number of phenols is 2. The lowest BCUT2D eigenvalue weighted by Crippen LogP contribution is -2.54. The highest BCUT2D eigenvalue weighted by atomic mass is 35.5. The molecule has 0 aromatic heterocycles. The van der Waals surface area contributed by atoms with Gasteiger partial charge < -0.3 is 29.5 Å². The van der Waals surface area contributed by atoms with Crippen molar-refractivity contribution in [1.29, 1.82) is 0 Å². The van der Waals surface area contributed by atoms with Crippen LogP contribution in [-0.2, 0) is 19.9 Å². The summed E-state index contributed by atoms with van der Waals surface area (Å²) < 4.78 is 16.1. The van der Waals surface area contributed by atoms with Gasteiger partial charge in [-0.15, -0.1) is 50.1 Å². The van der Waals surface area contributed by atoms with Crippen LogP contribution >= 0.6 is 11.6 Å². The molecule has 6 rings (SSSR count). The van der Waals surface area contributed by atoms with Crippen LogP contribution in [0.1, 0.15) is 156 Å². The number of hydrogen-bond donors (Lipinski definition) is 4. The van der Waals surface area contributed by atoms with Gasteiger partial charge in [-0.3, -0.25) is 10.1 Å². The molecule has 0 bridgehead atoms. The Labute approximate surface area is 947 Å². The van der Waals surface area contributed by atoms with Gasteiger partial charge in [0.1, 0.15) is 46.1 Å². The molecule has 1 unspecified atom stereocenters. The van der Waals surface area contributed by atoms with Crippen molar-refractivity contribution in [3.05, 3.63) is 191 Å². The first-order valence-electron chi connectivity index (χ1n) is 37.7. The molecular weight excluding hydrogens is 1720 g/mol. The highest BCUT2D eigenvalue weighted by Gasteiger charge is 2.41. The normalized spacial score (nSPS) is 6.86. The molecule has 139 heavy (non-hydrogen) atoms. The Hall–Kier alpha value is -25.2. The molecule has 0 aliphatic carbocycles. The van der Waals surface area contributed by atoms with Gasteiger partial charge in [0.25, 0.3) is 0 Å². The van der Waals surface area contributed by atoms with Crippen molar-refractivity contribution >= 4 is 17.6 Å². The Kier molecular flexibility index (Phi) is 59.4. The number of benzene rings is 6. The van der Waals surface area contributed by atoms with Crippen LogP contribution in [0.2, 0.25) is 0 Å². The van der Waals surface area contributed by atoms with Gasteiger partial charge in [-0.05, 0) is 342 Å². The highest BCUT2D eigenvalue weighted by Crippen LogP contribution is 2.45. The molecular formula is C130H214ClNO7. The molecule has 0 fully saturated rings. The molecule has 0 aliphatic heterocycles. The number of methoxy groups -OCH3 is 1. The summed E-state index contributed by atoms with van der Waals surface area (Å²) in [6.45, 7) is -0.548. The number of carbonyl (C=O) groups excluding carboxylic acids is 1. The van der Waals surface area contributed by atoms with Gasteiger partial charge in [-0.2, -0.15) is 0 Å². The summed E-state index contributed by atoms with van der Waals surface area (Å²) in [4.78, 5) is 11.6. The van der Waals surface area contributed by atoms with Crippen molar-refractivity contribution < 1.29 is 157 Å². The largest absolute Gasteiger partial charge is 0.508 e. The molecule has 8 nitrogen and oxygen atoms in total. The maximum absolute atomic E-state index is 12.7. The predicted octanol–water partition coefficient (Wildman–Crippen LogP) is 29.5. The number of ether oxygens (including phenoxy) is 3. The third-order valence-corrected chi connectivity index (χ3v) is 14.3. The van der Waals surface area contributed by atoms with E-state index in [2.05, 4.69) is 491 Å². The number of halogens is 1. The monoisotopic (exact) mass is 1940 g/mol. The van der Waals surface area contributed by atoms with Gasteiger partial charge >= 0.3 is 5.97 Å². The Morgan fingerprint density at radius 2 is 0.453 bits per heavy atom. The van der Waals surface area contributed by atoms with Crippen molar-refractivity contribution in [3.8, 4) is 547 Å². The quantitative estimate of drug-likeness (QED) is 0.0414. The lowest BCUT2D eigenvalue weighted by molar-refractivity contribution is -0.144. The van der Waals surface area contributed by atoms with Crippen LogP contribution in [0.4, 0.5) is 0 Å². The maximum atomic E-state index is 12.7. The van der Waals surface area contributed by atoms with Gasteiger partial charge in [0, 0.05) is 324 Å². The van der Waals surface area contributed by atoms with Crippen LogP contribution in [0.25, 0.3) is 0 Å². The lowest BCUT2D eigenvalue weighted by Gasteiger charge is -2.39. The summed E-state index contributed by atoms with van der Waals surface area (Å²) in [5.41, 5.74) is 2.97. The van der Waals surface area contributed by atoms with E-state index < -0.39 is 29.0 Å². The summed E-state index contributed by atoms with van der Waals surface area (Å²) in [6, 6.07) is 46.0. The van der Waals surface area contributed by atoms with Crippen molar-refractivity contribution in [3.63, 3.8) is 0 Å². The molecule has 0 radical (unpaired) electrons. The van der Waals surface area contributed by atoms with E-state index in [1.807, 2.05) is 121 Å². The fourth-order valence-corrected chi connectivity index (χ4v) is 9.10. The standard InChI is InChI=1S/C45H23NO5.C41H15ClO2.2C22H2.86H2/c1-3-4-5-6-7-8-9-10-11-12-13-14-15-16-17-18-19-20-21-28-33-51-42-35-40(34-41(48)36-42)45(38-29-24-22-25-30-38,39-31-26-23-27-32-39)46-43(37-47)44(49)50-2;1-2-3-4-5-6-7-8-9-10-11-12-13-14-15-16-17-18-19-20-27-32-44-40-34-38(33-39(43)35-40)41(42,36-28-23-21-24-29-36)37-30-25-22-26-31-37;2*1-3-5-7-9-11-13-15-17-19-21-22-20-18-16-14-12-10-8-6-4-2;;;;;;;;;;;;;;;;;;;;;;;;;;;;;;;;;;;;;;;;;;;;;;;;;;;;;;;;;;;;;;;;;;;;;;;;;;;;;;;;;;;;;;/h1,22-27,29-32,34-36,43,46-48H,37H2,2H3;1,21-26,28-31,33-35,43H;2*1-2H;86*1H. The number of terminal acetylenes is 6. The fraction of sp³-hybridized carbons (Fsp3) is 0.0385. The maximum Gasteiger partial charge on any atom is 0.325 e. The summed E-state index contributed by atoms with van der Waals surface area (Å²) in [5.74, 6) is 195. The topological polar surface area (TPSA) is 117 Å². The SMILES string of the molecule is C#CC#CC#CC#CC#CC#CC#CC#CC#CC#CC#C.C#CC#CC#CC#CC#CC#CC#CC#CC#CC#CC#C.C#CC#CC#CC#CC#CC#CC#CC#CC#CC#CC#COc1cc(O)cc(C(Cl)(c2ccccc2)c2ccccc2)c1.C#CC#CC#CC#CC#CC#CC#CC#CC#CC#CC#COc1cc(O)cc(C(NC(CO)C(=O)OC)(c2ccccc2)c2ccccc2)c1.[HH].[HH].[HH].[HH].[HH].[HH].[HH].[HH].[HH].[HH].[HH].[HH].[HH].[HH].[HH].[HH].[HH].[HH].[HH].[HH].[HH].[HH].[HH].[HH].[HH].[HH].[HH].[HH].[HH].[HH].[HH].[HH].[HH].[HH].[HH].[HH].[HH].[HH].[HH].[HH].[HH].[HH].[HH].[HH].[HH].[HH].[HH].[HH].[HH].[HH].[HH].[HH].[HH].[HH].[HH].[HH].[HH].[HH].[HH].[HH].[HH].[HH].[HH].[HH].[HH].[HH].[HH].[HH].[HH].[HH].[HH].[HH].[HH].[HH].[HH].[HH].[HH].[HH].[HH].[HH].[HH].[HH].[HH].[HH].[HH].[HH]. The second kappa shape index (κ2) is 76.5. The van der Waals surface area contributed by atoms with Crippen LogP contribution in [0.3, 0.4) is 0 Å². The van der Waals surface area contributed by atoms with E-state index in [9.17, 15) is 20.1 Å². The molecule has 4 N–H and O–H groups in total. The number of rotatable bonds is 12. The third kappa shape index (κ3) is 51.6. The first kappa shape index (κ1) is 108. The first-order chi connectivity index (χ1) is 68.5.